The molecule has 0 fully saturated rings. The summed E-state index contributed by atoms with van der Waals surface area (Å²) in [7, 11) is -4.40. The van der Waals surface area contributed by atoms with Gasteiger partial charge in [0.05, 0.1) is 5.69 Å². The predicted molar refractivity (Wildman–Crippen MR) is 71.5 cm³/mol. The van der Waals surface area contributed by atoms with Crippen LogP contribution in [0, 0.1) is 17.5 Å². The maximum Gasteiger partial charge on any atom is 0.264 e. The van der Waals surface area contributed by atoms with Crippen LogP contribution in [0.5, 0.6) is 0 Å². The second-order valence-electron chi connectivity index (χ2n) is 4.18. The first-order chi connectivity index (χ1) is 9.85. The molecule has 0 amide bonds. The summed E-state index contributed by atoms with van der Waals surface area (Å²) in [5.41, 5.74) is 5.14. The zero-order valence-electron chi connectivity index (χ0n) is 10.6. The van der Waals surface area contributed by atoms with Crippen molar-refractivity contribution in [3.05, 3.63) is 59.4 Å². The lowest BCUT2D eigenvalue weighted by Gasteiger charge is -2.11. The third-order valence-corrected chi connectivity index (χ3v) is 4.10. The average Bonchev–Trinajstić information content (AvgIpc) is 2.44. The van der Waals surface area contributed by atoms with Crippen molar-refractivity contribution in [2.45, 2.75) is 11.4 Å². The smallest absolute Gasteiger partial charge is 0.264 e. The normalized spacial score (nSPS) is 11.4. The maximum absolute atomic E-state index is 13.7. The molecule has 0 atom stereocenters. The molecule has 0 unspecified atom stereocenters. The van der Waals surface area contributed by atoms with Crippen molar-refractivity contribution >= 4 is 15.7 Å². The van der Waals surface area contributed by atoms with Crippen molar-refractivity contribution in [2.24, 2.45) is 5.73 Å². The molecule has 0 spiro atoms. The molecule has 0 aliphatic carbocycles. The van der Waals surface area contributed by atoms with E-state index in [1.54, 1.807) is 0 Å². The molecule has 21 heavy (non-hydrogen) atoms. The molecule has 2 aromatic rings. The van der Waals surface area contributed by atoms with E-state index in [9.17, 15) is 21.6 Å². The van der Waals surface area contributed by atoms with E-state index in [2.05, 4.69) is 0 Å². The highest BCUT2D eigenvalue weighted by molar-refractivity contribution is 7.92. The average molecular weight is 316 g/mol. The topological polar surface area (TPSA) is 72.2 Å². The van der Waals surface area contributed by atoms with Gasteiger partial charge in [0.15, 0.2) is 11.6 Å². The summed E-state index contributed by atoms with van der Waals surface area (Å²) in [4.78, 5) is -0.686. The van der Waals surface area contributed by atoms with Crippen LogP contribution in [0.25, 0.3) is 0 Å². The number of hydrogen-bond donors (Lipinski definition) is 2. The molecule has 8 heteroatoms. The number of halogens is 3. The second kappa shape index (κ2) is 5.74. The van der Waals surface area contributed by atoms with Crippen molar-refractivity contribution in [1.82, 2.24) is 0 Å². The predicted octanol–water partition coefficient (Wildman–Crippen LogP) is 2.36. The summed E-state index contributed by atoms with van der Waals surface area (Å²) in [6, 6.07) is 6.30. The molecule has 0 aromatic heterocycles. The van der Waals surface area contributed by atoms with Crippen molar-refractivity contribution in [2.75, 3.05) is 4.72 Å². The Kier molecular flexibility index (Phi) is 4.19. The van der Waals surface area contributed by atoms with Gasteiger partial charge in [0.1, 0.15) is 10.7 Å². The number of benzene rings is 2. The largest absolute Gasteiger partial charge is 0.326 e. The molecule has 0 aliphatic rings. The van der Waals surface area contributed by atoms with Crippen molar-refractivity contribution < 1.29 is 21.6 Å². The molecular weight excluding hydrogens is 305 g/mol. The van der Waals surface area contributed by atoms with Gasteiger partial charge in [-0.15, -0.1) is 0 Å². The summed E-state index contributed by atoms with van der Waals surface area (Å²) >= 11 is 0. The van der Waals surface area contributed by atoms with E-state index in [1.165, 1.54) is 6.07 Å². The summed E-state index contributed by atoms with van der Waals surface area (Å²) in [6.07, 6.45) is 0. The Hall–Kier alpha value is -2.06. The molecule has 2 aromatic carbocycles. The van der Waals surface area contributed by atoms with E-state index in [0.29, 0.717) is 5.56 Å². The number of nitrogens with two attached hydrogens (primary N) is 1. The van der Waals surface area contributed by atoms with Crippen LogP contribution in [0.3, 0.4) is 0 Å². The first-order valence-electron chi connectivity index (χ1n) is 5.80. The molecule has 0 radical (unpaired) electrons. The third-order valence-electron chi connectivity index (χ3n) is 2.72. The lowest BCUT2D eigenvalue weighted by molar-refractivity contribution is 0.511. The highest BCUT2D eigenvalue weighted by atomic mass is 32.2. The highest BCUT2D eigenvalue weighted by Gasteiger charge is 2.21. The van der Waals surface area contributed by atoms with E-state index in [0.717, 1.165) is 30.3 Å². The van der Waals surface area contributed by atoms with Crippen LogP contribution in [0.1, 0.15) is 5.56 Å². The first kappa shape index (κ1) is 15.3. The van der Waals surface area contributed by atoms with Crippen LogP contribution in [0.4, 0.5) is 18.9 Å². The monoisotopic (exact) mass is 316 g/mol. The number of rotatable bonds is 4. The molecule has 0 heterocycles. The van der Waals surface area contributed by atoms with E-state index in [-0.39, 0.29) is 6.54 Å². The van der Waals surface area contributed by atoms with Gasteiger partial charge in [0.2, 0.25) is 0 Å². The quantitative estimate of drug-likeness (QED) is 0.909. The van der Waals surface area contributed by atoms with Crippen LogP contribution < -0.4 is 10.5 Å². The van der Waals surface area contributed by atoms with Gasteiger partial charge in [0.25, 0.3) is 10.0 Å². The van der Waals surface area contributed by atoms with Gasteiger partial charge >= 0.3 is 0 Å². The Morgan fingerprint density at radius 2 is 1.76 bits per heavy atom. The molecule has 0 saturated heterocycles. The van der Waals surface area contributed by atoms with Gasteiger partial charge in [0, 0.05) is 6.54 Å². The Morgan fingerprint density at radius 3 is 2.43 bits per heavy atom. The van der Waals surface area contributed by atoms with Gasteiger partial charge in [-0.2, -0.15) is 0 Å². The molecule has 0 aliphatic heterocycles. The van der Waals surface area contributed by atoms with Gasteiger partial charge in [-0.25, -0.2) is 21.6 Å². The minimum atomic E-state index is -4.40. The molecule has 0 bridgehead atoms. The van der Waals surface area contributed by atoms with Gasteiger partial charge < -0.3 is 5.73 Å². The van der Waals surface area contributed by atoms with Crippen LogP contribution >= 0.6 is 0 Å². The molecule has 112 valence electrons. The van der Waals surface area contributed by atoms with Crippen molar-refractivity contribution in [3.8, 4) is 0 Å². The summed E-state index contributed by atoms with van der Waals surface area (Å²) in [5, 5.41) is 0. The van der Waals surface area contributed by atoms with Gasteiger partial charge in [-0.05, 0) is 29.8 Å². The van der Waals surface area contributed by atoms with Crippen LogP contribution in [0.15, 0.2) is 41.3 Å². The van der Waals surface area contributed by atoms with Gasteiger partial charge in [-0.3, -0.25) is 4.72 Å². The first-order valence-corrected chi connectivity index (χ1v) is 7.29. The van der Waals surface area contributed by atoms with Gasteiger partial charge in [-0.1, -0.05) is 12.1 Å². The van der Waals surface area contributed by atoms with Crippen LogP contribution in [-0.4, -0.2) is 8.42 Å². The fraction of sp³-hybridized carbons (Fsp3) is 0.0769. The highest BCUT2D eigenvalue weighted by Crippen LogP contribution is 2.23. The Morgan fingerprint density at radius 1 is 1.05 bits per heavy atom. The number of anilines is 1. The zero-order valence-corrected chi connectivity index (χ0v) is 11.4. The summed E-state index contributed by atoms with van der Waals surface area (Å²) in [5.74, 6) is -3.60. The Bertz CT molecular complexity index is 779. The Labute approximate surface area is 119 Å². The number of nitrogens with one attached hydrogen (secondary N) is 1. The van der Waals surface area contributed by atoms with E-state index < -0.39 is 38.1 Å². The molecule has 3 N–H and O–H groups in total. The van der Waals surface area contributed by atoms with Crippen LogP contribution in [-0.2, 0) is 16.6 Å². The minimum Gasteiger partial charge on any atom is -0.326 e. The second-order valence-corrected chi connectivity index (χ2v) is 5.83. The lowest BCUT2D eigenvalue weighted by Crippen LogP contribution is -2.16. The van der Waals surface area contributed by atoms with E-state index >= 15 is 0 Å². The third kappa shape index (κ3) is 3.17. The minimum absolute atomic E-state index is 0.0110. The van der Waals surface area contributed by atoms with Crippen molar-refractivity contribution in [1.29, 1.82) is 0 Å². The standard InChI is InChI=1S/C13H11F3N2O2S/c14-9-5-4-8(7-17)6-12(9)21(19,20)18-11-3-1-2-10(15)13(11)16/h1-6,18H,7,17H2. The zero-order chi connectivity index (χ0) is 15.6. The molecule has 0 saturated carbocycles. The molecule has 4 nitrogen and oxygen atoms in total. The number of sulfonamides is 1. The van der Waals surface area contributed by atoms with Crippen LogP contribution in [0.2, 0.25) is 0 Å². The fourth-order valence-electron chi connectivity index (χ4n) is 1.66. The Balaban J connectivity index is 2.46. The van der Waals surface area contributed by atoms with Crippen molar-refractivity contribution in [3.63, 3.8) is 0 Å². The SMILES string of the molecule is NCc1ccc(F)c(S(=O)(=O)Nc2cccc(F)c2F)c1. The van der Waals surface area contributed by atoms with E-state index in [4.69, 9.17) is 5.73 Å². The molecule has 2 rings (SSSR count). The maximum atomic E-state index is 13.7. The lowest BCUT2D eigenvalue weighted by atomic mass is 10.2. The summed E-state index contributed by atoms with van der Waals surface area (Å²) in [6.45, 7) is 0.0110. The number of hydrogen-bond acceptors (Lipinski definition) is 3. The van der Waals surface area contributed by atoms with E-state index in [1.807, 2.05) is 4.72 Å². The molecular formula is C13H11F3N2O2S. The summed E-state index contributed by atoms with van der Waals surface area (Å²) < 4.78 is 66.1. The fourth-order valence-corrected chi connectivity index (χ4v) is 2.85.